The van der Waals surface area contributed by atoms with Crippen molar-refractivity contribution in [2.24, 2.45) is 0 Å². The highest BCUT2D eigenvalue weighted by Gasteiger charge is 2.30. The second-order valence-electron chi connectivity index (χ2n) is 8.56. The number of hydrogen-bond donors (Lipinski definition) is 2. The van der Waals surface area contributed by atoms with E-state index in [4.69, 9.17) is 9.47 Å². The molecule has 0 aliphatic carbocycles. The summed E-state index contributed by atoms with van der Waals surface area (Å²) in [5.41, 5.74) is -0.0318. The number of hydrogen-bond acceptors (Lipinski definition) is 5. The fourth-order valence-corrected chi connectivity index (χ4v) is 2.95. The number of carbonyl (C=O) groups is 3. The van der Waals surface area contributed by atoms with Crippen LogP contribution < -0.4 is 10.6 Å². The molecule has 0 saturated carbocycles. The molecule has 0 heterocycles. The van der Waals surface area contributed by atoms with Crippen LogP contribution in [0.4, 0.5) is 18.0 Å². The van der Waals surface area contributed by atoms with Gasteiger partial charge in [0.05, 0.1) is 6.61 Å². The normalized spacial score (nSPS) is 13.5. The molecule has 0 unspecified atom stereocenters. The third-order valence-electron chi connectivity index (χ3n) is 4.38. The van der Waals surface area contributed by atoms with Gasteiger partial charge in [-0.15, -0.1) is 0 Å². The number of alkyl carbamates (subject to hydrolysis) is 1. The quantitative estimate of drug-likeness (QED) is 0.369. The van der Waals surface area contributed by atoms with Crippen molar-refractivity contribution in [3.63, 3.8) is 0 Å². The van der Waals surface area contributed by atoms with Crippen molar-refractivity contribution in [1.82, 2.24) is 10.6 Å². The number of amides is 2. The van der Waals surface area contributed by atoms with E-state index >= 15 is 0 Å². The fraction of sp³-hybridized carbons (Fsp3) is 0.609. The molecule has 10 heteroatoms. The molecule has 2 amide bonds. The molecule has 0 fully saturated rings. The molecule has 0 radical (unpaired) electrons. The first-order valence-electron chi connectivity index (χ1n) is 10.9. The Morgan fingerprint density at radius 3 is 2.15 bits per heavy atom. The molecule has 1 aromatic rings. The van der Waals surface area contributed by atoms with Crippen molar-refractivity contribution in [2.45, 2.75) is 83.7 Å². The van der Waals surface area contributed by atoms with Crippen LogP contribution in [-0.2, 0) is 25.5 Å². The summed E-state index contributed by atoms with van der Waals surface area (Å²) in [4.78, 5) is 37.6. The summed E-state index contributed by atoms with van der Waals surface area (Å²) in [7, 11) is 0. The molecule has 1 rings (SSSR count). The number of rotatable bonds is 11. The number of benzene rings is 1. The van der Waals surface area contributed by atoms with E-state index in [0.717, 1.165) is 5.56 Å². The predicted octanol–water partition coefficient (Wildman–Crippen LogP) is 4.29. The molecule has 7 nitrogen and oxygen atoms in total. The van der Waals surface area contributed by atoms with Crippen LogP contribution in [0.2, 0.25) is 0 Å². The second kappa shape index (κ2) is 13.1. The van der Waals surface area contributed by atoms with Crippen LogP contribution in [0.3, 0.4) is 0 Å². The molecule has 0 aliphatic rings. The van der Waals surface area contributed by atoms with Gasteiger partial charge in [0.1, 0.15) is 17.7 Å². The summed E-state index contributed by atoms with van der Waals surface area (Å²) in [5, 5.41) is 5.03. The zero-order chi connectivity index (χ0) is 25.1. The third kappa shape index (κ3) is 12.7. The molecule has 186 valence electrons. The van der Waals surface area contributed by atoms with Crippen LogP contribution in [0.1, 0.15) is 58.9 Å². The summed E-state index contributed by atoms with van der Waals surface area (Å²) >= 11 is 0. The van der Waals surface area contributed by atoms with Gasteiger partial charge in [0, 0.05) is 12.8 Å². The molecule has 0 aliphatic heterocycles. The van der Waals surface area contributed by atoms with Gasteiger partial charge in [0.25, 0.3) is 0 Å². The molecule has 1 aromatic carbocycles. The number of alkyl halides is 3. The average molecular weight is 475 g/mol. The third-order valence-corrected chi connectivity index (χ3v) is 4.38. The van der Waals surface area contributed by atoms with Crippen LogP contribution in [0.15, 0.2) is 30.3 Å². The highest BCUT2D eigenvalue weighted by atomic mass is 19.4. The van der Waals surface area contributed by atoms with Crippen LogP contribution in [0.5, 0.6) is 0 Å². The van der Waals surface area contributed by atoms with E-state index in [0.29, 0.717) is 0 Å². The smallest absolute Gasteiger partial charge is 0.408 e. The number of esters is 1. The van der Waals surface area contributed by atoms with E-state index in [1.165, 1.54) is 0 Å². The first-order valence-corrected chi connectivity index (χ1v) is 10.9. The predicted molar refractivity (Wildman–Crippen MR) is 116 cm³/mol. The van der Waals surface area contributed by atoms with Gasteiger partial charge in [-0.3, -0.25) is 4.79 Å². The molecular weight excluding hydrogens is 441 g/mol. The summed E-state index contributed by atoms with van der Waals surface area (Å²) in [6.45, 7) is 6.67. The van der Waals surface area contributed by atoms with Crippen LogP contribution in [0.25, 0.3) is 0 Å². The van der Waals surface area contributed by atoms with Gasteiger partial charge in [0.2, 0.25) is 5.91 Å². The van der Waals surface area contributed by atoms with Gasteiger partial charge >= 0.3 is 18.2 Å². The number of unbranched alkanes of at least 4 members (excludes halogenated alkanes) is 1. The van der Waals surface area contributed by atoms with Crippen molar-refractivity contribution < 1.29 is 37.0 Å². The molecule has 0 aromatic heterocycles. The Balaban J connectivity index is 2.92. The summed E-state index contributed by atoms with van der Waals surface area (Å²) < 4.78 is 47.4. The lowest BCUT2D eigenvalue weighted by atomic mass is 10.0. The number of halogens is 3. The Bertz CT molecular complexity index is 764. The Morgan fingerprint density at radius 1 is 0.970 bits per heavy atom. The lowest BCUT2D eigenvalue weighted by Crippen LogP contribution is -2.53. The van der Waals surface area contributed by atoms with E-state index in [2.05, 4.69) is 10.6 Å². The van der Waals surface area contributed by atoms with Gasteiger partial charge < -0.3 is 20.1 Å². The minimum atomic E-state index is -4.29. The van der Waals surface area contributed by atoms with Crippen LogP contribution in [-0.4, -0.2) is 48.4 Å². The van der Waals surface area contributed by atoms with Crippen molar-refractivity contribution in [1.29, 1.82) is 0 Å². The average Bonchev–Trinajstić information content (AvgIpc) is 2.68. The monoisotopic (exact) mass is 474 g/mol. The maximum atomic E-state index is 13.0. The van der Waals surface area contributed by atoms with Gasteiger partial charge in [-0.25, -0.2) is 9.59 Å². The van der Waals surface area contributed by atoms with Crippen LogP contribution in [0, 0.1) is 0 Å². The topological polar surface area (TPSA) is 93.7 Å². The SMILES string of the molecule is CCOC(=O)[C@@H](CCCCC(F)(F)F)NC(=O)[C@@H](Cc1ccccc1)NC(=O)OC(C)(C)C. The van der Waals surface area contributed by atoms with Crippen molar-refractivity contribution in [3.05, 3.63) is 35.9 Å². The molecule has 2 N–H and O–H groups in total. The van der Waals surface area contributed by atoms with Crippen molar-refractivity contribution >= 4 is 18.0 Å². The lowest BCUT2D eigenvalue weighted by molar-refractivity contribution is -0.148. The maximum Gasteiger partial charge on any atom is 0.408 e. The van der Waals surface area contributed by atoms with Gasteiger partial charge in [0.15, 0.2) is 0 Å². The van der Waals surface area contributed by atoms with Crippen LogP contribution >= 0.6 is 0 Å². The standard InChI is InChI=1S/C23H33F3N2O5/c1-5-32-20(30)17(13-9-10-14-23(24,25)26)27-19(29)18(15-16-11-7-6-8-12-16)28-21(31)33-22(2,3)4/h6-8,11-12,17-18H,5,9-10,13-15H2,1-4H3,(H,27,29)(H,28,31)/t17-,18-/m1/s1. The Kier molecular flexibility index (Phi) is 11.2. The first-order chi connectivity index (χ1) is 15.3. The zero-order valence-corrected chi connectivity index (χ0v) is 19.5. The van der Waals surface area contributed by atoms with E-state index in [1.807, 2.05) is 0 Å². The van der Waals surface area contributed by atoms with Gasteiger partial charge in [-0.1, -0.05) is 36.8 Å². The summed E-state index contributed by atoms with van der Waals surface area (Å²) in [5.74, 6) is -1.41. The Morgan fingerprint density at radius 2 is 1.61 bits per heavy atom. The Labute approximate surface area is 192 Å². The van der Waals surface area contributed by atoms with E-state index in [9.17, 15) is 27.6 Å². The molecule has 0 saturated heterocycles. The second-order valence-corrected chi connectivity index (χ2v) is 8.56. The maximum absolute atomic E-state index is 13.0. The van der Waals surface area contributed by atoms with Gasteiger partial charge in [-0.05, 0) is 46.1 Å². The minimum absolute atomic E-state index is 0.0227. The molecule has 0 spiro atoms. The van der Waals surface area contributed by atoms with E-state index < -0.39 is 48.3 Å². The molecule has 2 atom stereocenters. The summed E-state index contributed by atoms with van der Waals surface area (Å²) in [6.07, 6.45) is -6.10. The fourth-order valence-electron chi connectivity index (χ4n) is 2.95. The number of nitrogens with one attached hydrogen (secondary N) is 2. The first kappa shape index (κ1) is 28.3. The minimum Gasteiger partial charge on any atom is -0.464 e. The Hall–Kier alpha value is -2.78. The van der Waals surface area contributed by atoms with Gasteiger partial charge in [-0.2, -0.15) is 13.2 Å². The molecular formula is C23H33F3N2O5. The van der Waals surface area contributed by atoms with Crippen molar-refractivity contribution in [2.75, 3.05) is 6.61 Å². The largest absolute Gasteiger partial charge is 0.464 e. The highest BCUT2D eigenvalue weighted by Crippen LogP contribution is 2.23. The lowest BCUT2D eigenvalue weighted by Gasteiger charge is -2.25. The number of ether oxygens (including phenoxy) is 2. The molecule has 33 heavy (non-hydrogen) atoms. The molecule has 0 bridgehead atoms. The summed E-state index contributed by atoms with van der Waals surface area (Å²) in [6, 6.07) is 6.70. The number of carbonyl (C=O) groups excluding carboxylic acids is 3. The van der Waals surface area contributed by atoms with E-state index in [-0.39, 0.29) is 32.3 Å². The van der Waals surface area contributed by atoms with Crippen molar-refractivity contribution in [3.8, 4) is 0 Å². The zero-order valence-electron chi connectivity index (χ0n) is 19.5. The highest BCUT2D eigenvalue weighted by molar-refractivity contribution is 5.89. The van der Waals surface area contributed by atoms with E-state index in [1.54, 1.807) is 58.0 Å².